The lowest BCUT2D eigenvalue weighted by Crippen LogP contribution is -2.26. The van der Waals surface area contributed by atoms with Crippen LogP contribution in [0.4, 0.5) is 0 Å². The van der Waals surface area contributed by atoms with E-state index in [0.717, 1.165) is 11.1 Å². The van der Waals surface area contributed by atoms with E-state index >= 15 is 0 Å². The summed E-state index contributed by atoms with van der Waals surface area (Å²) in [6.07, 6.45) is 0. The number of benzene rings is 2. The van der Waals surface area contributed by atoms with Gasteiger partial charge in [-0.15, -0.1) is 0 Å². The number of nitrogens with two attached hydrogens (primary N) is 1. The van der Waals surface area contributed by atoms with Crippen molar-refractivity contribution in [1.82, 2.24) is 0 Å². The maximum Gasteiger partial charge on any atom is 0.167 e. The third-order valence-corrected chi connectivity index (χ3v) is 3.20. The first-order chi connectivity index (χ1) is 8.70. The summed E-state index contributed by atoms with van der Waals surface area (Å²) >= 11 is 0. The van der Waals surface area contributed by atoms with Gasteiger partial charge in [0.1, 0.15) is 0 Å². The Bertz CT molecular complexity index is 507. The Hall–Kier alpha value is -1.93. The zero-order valence-corrected chi connectivity index (χ0v) is 10.4. The Labute approximate surface area is 107 Å². The number of Topliss-reactive ketones (excluding diaryl/α,β-unsaturated/α-hetero) is 1. The summed E-state index contributed by atoms with van der Waals surface area (Å²) in [4.78, 5) is 12.3. The summed E-state index contributed by atoms with van der Waals surface area (Å²) in [5.74, 6) is -0.137. The van der Waals surface area contributed by atoms with Gasteiger partial charge < -0.3 is 5.73 Å². The number of hydrogen-bond donors (Lipinski definition) is 1. The van der Waals surface area contributed by atoms with Crippen LogP contribution in [-0.2, 0) is 0 Å². The van der Waals surface area contributed by atoms with Crippen LogP contribution in [0.25, 0.3) is 0 Å². The van der Waals surface area contributed by atoms with E-state index in [2.05, 4.69) is 0 Å². The molecule has 0 unspecified atom stereocenters. The molecule has 2 aromatic carbocycles. The highest BCUT2D eigenvalue weighted by atomic mass is 16.1. The number of carbonyl (C=O) groups is 1. The van der Waals surface area contributed by atoms with E-state index < -0.39 is 0 Å². The largest absolute Gasteiger partial charge is 0.323 e. The van der Waals surface area contributed by atoms with Crippen molar-refractivity contribution in [3.05, 3.63) is 71.8 Å². The lowest BCUT2D eigenvalue weighted by atomic mass is 9.89. The standard InChI is InChI=1S/C16H17NO/c1-12(15(17)13-8-4-2-5-9-13)16(18)14-10-6-3-7-11-14/h2-12,15H,17H2,1H3/t12-,15-/m0/s1. The summed E-state index contributed by atoms with van der Waals surface area (Å²) < 4.78 is 0. The van der Waals surface area contributed by atoms with E-state index in [0.29, 0.717) is 0 Å². The molecule has 2 aromatic rings. The van der Waals surface area contributed by atoms with Gasteiger partial charge in [0.2, 0.25) is 0 Å². The number of hydrogen-bond acceptors (Lipinski definition) is 2. The number of ketones is 1. The second-order valence-corrected chi connectivity index (χ2v) is 4.46. The summed E-state index contributed by atoms with van der Waals surface area (Å²) in [5.41, 5.74) is 7.87. The molecule has 2 atom stereocenters. The van der Waals surface area contributed by atoms with Crippen LogP contribution in [0, 0.1) is 5.92 Å². The molecule has 0 amide bonds. The Kier molecular flexibility index (Phi) is 3.90. The second-order valence-electron chi connectivity index (χ2n) is 4.46. The fraction of sp³-hybridized carbons (Fsp3) is 0.188. The Morgan fingerprint density at radius 1 is 0.944 bits per heavy atom. The maximum absolute atomic E-state index is 12.3. The van der Waals surface area contributed by atoms with Crippen LogP contribution in [0.15, 0.2) is 60.7 Å². The van der Waals surface area contributed by atoms with Crippen molar-refractivity contribution in [2.75, 3.05) is 0 Å². The van der Waals surface area contributed by atoms with Crippen molar-refractivity contribution in [2.45, 2.75) is 13.0 Å². The van der Waals surface area contributed by atoms with Crippen LogP contribution < -0.4 is 5.73 Å². The first kappa shape index (κ1) is 12.5. The van der Waals surface area contributed by atoms with Gasteiger partial charge in [-0.05, 0) is 5.56 Å². The highest BCUT2D eigenvalue weighted by Crippen LogP contribution is 2.22. The van der Waals surface area contributed by atoms with E-state index in [1.54, 1.807) is 0 Å². The zero-order chi connectivity index (χ0) is 13.0. The molecule has 0 aliphatic rings. The van der Waals surface area contributed by atoms with Crippen molar-refractivity contribution < 1.29 is 4.79 Å². The molecule has 0 heterocycles. The molecule has 0 spiro atoms. The predicted molar refractivity (Wildman–Crippen MR) is 73.3 cm³/mol. The molecule has 0 saturated heterocycles. The lowest BCUT2D eigenvalue weighted by Gasteiger charge is -2.19. The smallest absolute Gasteiger partial charge is 0.167 e. The van der Waals surface area contributed by atoms with Gasteiger partial charge in [-0.2, -0.15) is 0 Å². The van der Waals surface area contributed by atoms with Crippen molar-refractivity contribution in [3.8, 4) is 0 Å². The van der Waals surface area contributed by atoms with Gasteiger partial charge in [-0.25, -0.2) is 0 Å². The van der Waals surface area contributed by atoms with Crippen LogP contribution in [0.1, 0.15) is 28.9 Å². The number of carbonyl (C=O) groups excluding carboxylic acids is 1. The maximum atomic E-state index is 12.3. The van der Waals surface area contributed by atoms with Crippen LogP contribution in [0.5, 0.6) is 0 Å². The molecule has 0 aliphatic heterocycles. The van der Waals surface area contributed by atoms with Crippen molar-refractivity contribution >= 4 is 5.78 Å². The number of rotatable bonds is 4. The average Bonchev–Trinajstić information content (AvgIpc) is 2.47. The average molecular weight is 239 g/mol. The van der Waals surface area contributed by atoms with Gasteiger partial charge in [-0.1, -0.05) is 67.6 Å². The van der Waals surface area contributed by atoms with Gasteiger partial charge >= 0.3 is 0 Å². The minimum atomic E-state index is -0.265. The first-order valence-electron chi connectivity index (χ1n) is 6.10. The van der Waals surface area contributed by atoms with Crippen LogP contribution in [0.2, 0.25) is 0 Å². The van der Waals surface area contributed by atoms with Crippen molar-refractivity contribution in [1.29, 1.82) is 0 Å². The van der Waals surface area contributed by atoms with E-state index in [1.807, 2.05) is 67.6 Å². The first-order valence-corrected chi connectivity index (χ1v) is 6.10. The third-order valence-electron chi connectivity index (χ3n) is 3.20. The Morgan fingerprint density at radius 2 is 1.44 bits per heavy atom. The highest BCUT2D eigenvalue weighted by Gasteiger charge is 2.22. The van der Waals surface area contributed by atoms with Crippen molar-refractivity contribution in [3.63, 3.8) is 0 Å². The normalized spacial score (nSPS) is 13.9. The van der Waals surface area contributed by atoms with Crippen LogP contribution in [0.3, 0.4) is 0 Å². The lowest BCUT2D eigenvalue weighted by molar-refractivity contribution is 0.0913. The van der Waals surface area contributed by atoms with Gasteiger partial charge in [0.05, 0.1) is 0 Å². The van der Waals surface area contributed by atoms with E-state index in [-0.39, 0.29) is 17.7 Å². The van der Waals surface area contributed by atoms with Gasteiger partial charge in [0, 0.05) is 17.5 Å². The van der Waals surface area contributed by atoms with E-state index in [9.17, 15) is 4.79 Å². The Balaban J connectivity index is 2.17. The second kappa shape index (κ2) is 5.61. The fourth-order valence-electron chi connectivity index (χ4n) is 1.99. The molecular weight excluding hydrogens is 222 g/mol. The summed E-state index contributed by atoms with van der Waals surface area (Å²) in [6.45, 7) is 1.88. The molecule has 0 aromatic heterocycles. The minimum absolute atomic E-state index is 0.0898. The molecule has 0 saturated carbocycles. The molecule has 0 radical (unpaired) electrons. The van der Waals surface area contributed by atoms with Gasteiger partial charge in [0.15, 0.2) is 5.78 Å². The molecule has 2 rings (SSSR count). The zero-order valence-electron chi connectivity index (χ0n) is 10.4. The van der Waals surface area contributed by atoms with E-state index in [4.69, 9.17) is 5.73 Å². The molecule has 92 valence electrons. The van der Waals surface area contributed by atoms with E-state index in [1.165, 1.54) is 0 Å². The molecule has 2 heteroatoms. The third kappa shape index (κ3) is 2.66. The molecule has 2 nitrogen and oxygen atoms in total. The molecular formula is C16H17NO. The molecule has 0 fully saturated rings. The molecule has 18 heavy (non-hydrogen) atoms. The minimum Gasteiger partial charge on any atom is -0.323 e. The molecule has 2 N–H and O–H groups in total. The topological polar surface area (TPSA) is 43.1 Å². The molecule has 0 aliphatic carbocycles. The predicted octanol–water partition coefficient (Wildman–Crippen LogP) is 3.21. The Morgan fingerprint density at radius 3 is 2.00 bits per heavy atom. The highest BCUT2D eigenvalue weighted by molar-refractivity contribution is 5.98. The van der Waals surface area contributed by atoms with Gasteiger partial charge in [0.25, 0.3) is 0 Å². The SMILES string of the molecule is C[C@H](C(=O)c1ccccc1)[C@H](N)c1ccccc1. The quantitative estimate of drug-likeness (QED) is 0.832. The summed E-state index contributed by atoms with van der Waals surface area (Å²) in [7, 11) is 0. The van der Waals surface area contributed by atoms with Crippen LogP contribution >= 0.6 is 0 Å². The molecule has 0 bridgehead atoms. The monoisotopic (exact) mass is 239 g/mol. The van der Waals surface area contributed by atoms with Crippen molar-refractivity contribution in [2.24, 2.45) is 11.7 Å². The fourth-order valence-corrected chi connectivity index (χ4v) is 1.99. The summed E-state index contributed by atoms with van der Waals surface area (Å²) in [5, 5.41) is 0. The van der Waals surface area contributed by atoms with Crippen LogP contribution in [-0.4, -0.2) is 5.78 Å². The van der Waals surface area contributed by atoms with Gasteiger partial charge in [-0.3, -0.25) is 4.79 Å². The summed E-state index contributed by atoms with van der Waals surface area (Å²) in [6, 6.07) is 18.8.